The Labute approximate surface area is 204 Å². The molecular weight excluding hydrogens is 541 g/mol. The van der Waals surface area contributed by atoms with Crippen molar-refractivity contribution in [1.29, 1.82) is 0 Å². The Bertz CT molecular complexity index is 1160. The van der Waals surface area contributed by atoms with Gasteiger partial charge in [0.25, 0.3) is 0 Å². The summed E-state index contributed by atoms with van der Waals surface area (Å²) in [6.45, 7) is 8.10. The van der Waals surface area contributed by atoms with Crippen LogP contribution in [0.1, 0.15) is 44.6 Å². The van der Waals surface area contributed by atoms with Crippen LogP contribution in [0.25, 0.3) is 11.0 Å². The van der Waals surface area contributed by atoms with E-state index in [2.05, 4.69) is 27.0 Å². The quantitative estimate of drug-likeness (QED) is 0.201. The number of hydrogen-bond acceptors (Lipinski definition) is 5. The van der Waals surface area contributed by atoms with E-state index in [1.807, 2.05) is 63.2 Å². The molecule has 0 bridgehead atoms. The number of furan rings is 1. The van der Waals surface area contributed by atoms with Crippen LogP contribution in [0.3, 0.4) is 0 Å². The van der Waals surface area contributed by atoms with E-state index in [0.29, 0.717) is 24.7 Å². The first-order chi connectivity index (χ1) is 15.2. The molecule has 3 aromatic rings. The van der Waals surface area contributed by atoms with Gasteiger partial charge in [0.15, 0.2) is 0 Å². The van der Waals surface area contributed by atoms with Crippen LogP contribution in [-0.2, 0) is 33.5 Å². The highest BCUT2D eigenvalue weighted by atomic mass is 127. The van der Waals surface area contributed by atoms with Gasteiger partial charge in [-0.2, -0.15) is 4.40 Å². The van der Waals surface area contributed by atoms with E-state index in [0.717, 1.165) is 25.7 Å². The highest BCUT2D eigenvalue weighted by Crippen LogP contribution is 2.27. The standard InChI is InChI=1S/C24H26INO5S/c1-5-29-22(27)13-17-8-6-7-9-21(17)30-15-16-10-18-12-19(31-23(18)20(25)11-16)14-26-32(28)24(2,3)4/h6-12,14H,5,13,15H2,1-4H3/b26-14-/t32-/m0/s1. The van der Waals surface area contributed by atoms with Gasteiger partial charge in [-0.05, 0) is 80.1 Å². The Balaban J connectivity index is 1.76. The largest absolute Gasteiger partial charge is 0.489 e. The van der Waals surface area contributed by atoms with Crippen LogP contribution in [0.2, 0.25) is 0 Å². The summed E-state index contributed by atoms with van der Waals surface area (Å²) in [5.74, 6) is 0.924. The zero-order valence-corrected chi connectivity index (χ0v) is 21.5. The predicted molar refractivity (Wildman–Crippen MR) is 136 cm³/mol. The Hall–Kier alpha value is -2.20. The van der Waals surface area contributed by atoms with Gasteiger partial charge in [0.1, 0.15) is 34.7 Å². The SMILES string of the molecule is CCOC(=O)Cc1ccccc1OCc1cc(I)c2oc(/C=N\[S@@](=O)C(C)(C)C)cc2c1. The topological polar surface area (TPSA) is 78.1 Å². The number of esters is 1. The van der Waals surface area contributed by atoms with E-state index >= 15 is 0 Å². The lowest BCUT2D eigenvalue weighted by Crippen LogP contribution is -2.19. The minimum atomic E-state index is -1.35. The van der Waals surface area contributed by atoms with E-state index in [9.17, 15) is 9.00 Å². The summed E-state index contributed by atoms with van der Waals surface area (Å²) in [7, 11) is -1.35. The molecule has 0 aliphatic carbocycles. The Morgan fingerprint density at radius 1 is 1.22 bits per heavy atom. The Morgan fingerprint density at radius 3 is 2.69 bits per heavy atom. The first-order valence-corrected chi connectivity index (χ1v) is 12.4. The lowest BCUT2D eigenvalue weighted by Gasteiger charge is -2.12. The molecule has 6 nitrogen and oxygen atoms in total. The van der Waals surface area contributed by atoms with Crippen LogP contribution in [0.4, 0.5) is 0 Å². The second-order valence-corrected chi connectivity index (χ2v) is 11.2. The van der Waals surface area contributed by atoms with Gasteiger partial charge >= 0.3 is 5.97 Å². The molecule has 0 saturated heterocycles. The van der Waals surface area contributed by atoms with Gasteiger partial charge in [0, 0.05) is 10.9 Å². The number of halogens is 1. The summed E-state index contributed by atoms with van der Waals surface area (Å²) in [6.07, 6.45) is 1.68. The van der Waals surface area contributed by atoms with Crippen molar-refractivity contribution < 1.29 is 22.9 Å². The van der Waals surface area contributed by atoms with Crippen LogP contribution >= 0.6 is 22.6 Å². The molecule has 3 rings (SSSR count). The van der Waals surface area contributed by atoms with Crippen molar-refractivity contribution in [3.63, 3.8) is 0 Å². The van der Waals surface area contributed by atoms with Crippen LogP contribution < -0.4 is 4.74 Å². The molecule has 0 radical (unpaired) electrons. The maximum absolute atomic E-state index is 12.1. The zero-order valence-electron chi connectivity index (χ0n) is 18.5. The molecule has 0 aliphatic heterocycles. The van der Waals surface area contributed by atoms with Crippen molar-refractivity contribution in [3.8, 4) is 5.75 Å². The van der Waals surface area contributed by atoms with Gasteiger partial charge in [0.2, 0.25) is 0 Å². The van der Waals surface area contributed by atoms with Crippen LogP contribution in [0.5, 0.6) is 5.75 Å². The third-order valence-corrected chi connectivity index (χ3v) is 6.60. The van der Waals surface area contributed by atoms with Crippen molar-refractivity contribution in [2.45, 2.75) is 45.5 Å². The van der Waals surface area contributed by atoms with E-state index < -0.39 is 15.7 Å². The summed E-state index contributed by atoms with van der Waals surface area (Å²) in [4.78, 5) is 11.9. The molecule has 8 heteroatoms. The van der Waals surface area contributed by atoms with Crippen molar-refractivity contribution in [2.24, 2.45) is 4.40 Å². The predicted octanol–water partition coefficient (Wildman–Crippen LogP) is 5.60. The van der Waals surface area contributed by atoms with Gasteiger partial charge in [-0.25, -0.2) is 4.21 Å². The fourth-order valence-corrected chi connectivity index (χ4v) is 4.25. The molecule has 0 fully saturated rings. The Morgan fingerprint density at radius 2 is 1.97 bits per heavy atom. The van der Waals surface area contributed by atoms with Crippen molar-refractivity contribution in [1.82, 2.24) is 0 Å². The minimum absolute atomic E-state index is 0.168. The number of ether oxygens (including phenoxy) is 2. The van der Waals surface area contributed by atoms with Gasteiger partial charge in [-0.3, -0.25) is 4.79 Å². The first-order valence-electron chi connectivity index (χ1n) is 10.2. The zero-order chi connectivity index (χ0) is 23.3. The number of carbonyl (C=O) groups excluding carboxylic acids is 1. The molecule has 0 N–H and O–H groups in total. The molecule has 0 saturated carbocycles. The number of hydrogen-bond donors (Lipinski definition) is 0. The van der Waals surface area contributed by atoms with E-state index in [4.69, 9.17) is 13.9 Å². The summed E-state index contributed by atoms with van der Waals surface area (Å²) in [5.41, 5.74) is 2.51. The molecule has 0 aliphatic rings. The molecule has 170 valence electrons. The monoisotopic (exact) mass is 567 g/mol. The highest BCUT2D eigenvalue weighted by Gasteiger charge is 2.18. The maximum atomic E-state index is 12.1. The molecule has 0 amide bonds. The number of benzene rings is 2. The molecule has 1 atom stereocenters. The summed E-state index contributed by atoms with van der Waals surface area (Å²) in [5, 5.41) is 0.915. The smallest absolute Gasteiger partial charge is 0.310 e. The second-order valence-electron chi connectivity index (χ2n) is 8.12. The fourth-order valence-electron chi connectivity index (χ4n) is 2.91. The van der Waals surface area contributed by atoms with Gasteiger partial charge in [0.05, 0.1) is 27.6 Å². The lowest BCUT2D eigenvalue weighted by molar-refractivity contribution is -0.142. The molecular formula is C24H26INO5S. The average Bonchev–Trinajstić information content (AvgIpc) is 3.14. The molecule has 2 aromatic carbocycles. The van der Waals surface area contributed by atoms with E-state index in [1.54, 1.807) is 6.92 Å². The fraction of sp³-hybridized carbons (Fsp3) is 0.333. The third-order valence-electron chi connectivity index (χ3n) is 4.46. The molecule has 1 heterocycles. The molecule has 1 aromatic heterocycles. The van der Waals surface area contributed by atoms with Crippen molar-refractivity contribution >= 4 is 56.7 Å². The lowest BCUT2D eigenvalue weighted by atomic mass is 10.1. The normalized spacial score (nSPS) is 12.9. The van der Waals surface area contributed by atoms with Gasteiger partial charge in [-0.15, -0.1) is 0 Å². The third kappa shape index (κ3) is 6.41. The summed E-state index contributed by atoms with van der Waals surface area (Å²) >= 11 is 2.22. The van der Waals surface area contributed by atoms with Crippen molar-refractivity contribution in [2.75, 3.05) is 6.61 Å². The molecule has 32 heavy (non-hydrogen) atoms. The summed E-state index contributed by atoms with van der Waals surface area (Å²) < 4.78 is 33.7. The average molecular weight is 567 g/mol. The maximum Gasteiger partial charge on any atom is 0.310 e. The second kappa shape index (κ2) is 10.6. The number of fused-ring (bicyclic) bond motifs is 1. The number of carbonyl (C=O) groups is 1. The number of nitrogens with zero attached hydrogens (tertiary/aromatic N) is 1. The highest BCUT2D eigenvalue weighted by molar-refractivity contribution is 14.1. The van der Waals surface area contributed by atoms with Crippen molar-refractivity contribution in [3.05, 3.63) is 62.9 Å². The van der Waals surface area contributed by atoms with Crippen LogP contribution in [0.15, 0.2) is 51.3 Å². The first kappa shape index (κ1) is 24.4. The van der Waals surface area contributed by atoms with Gasteiger partial charge < -0.3 is 13.9 Å². The molecule has 0 unspecified atom stereocenters. The number of para-hydroxylation sites is 1. The number of rotatable bonds is 8. The van der Waals surface area contributed by atoms with E-state index in [1.165, 1.54) is 6.21 Å². The van der Waals surface area contributed by atoms with Gasteiger partial charge in [-0.1, -0.05) is 18.2 Å². The minimum Gasteiger partial charge on any atom is -0.489 e. The molecule has 0 spiro atoms. The summed E-state index contributed by atoms with van der Waals surface area (Å²) in [6, 6.07) is 13.3. The van der Waals surface area contributed by atoms with Crippen LogP contribution in [0, 0.1) is 3.57 Å². The van der Waals surface area contributed by atoms with Crippen LogP contribution in [-0.4, -0.2) is 27.7 Å². The van der Waals surface area contributed by atoms with E-state index in [-0.39, 0.29) is 12.4 Å². The Kier molecular flexibility index (Phi) is 8.10.